The molecule has 4 nitrogen and oxygen atoms in total. The van der Waals surface area contributed by atoms with E-state index in [-0.39, 0.29) is 6.10 Å². The van der Waals surface area contributed by atoms with Crippen LogP contribution in [0, 0.1) is 0 Å². The van der Waals surface area contributed by atoms with Gasteiger partial charge in [-0.15, -0.1) is 0 Å². The molecule has 0 fully saturated rings. The fourth-order valence-electron chi connectivity index (χ4n) is 0.940. The van der Waals surface area contributed by atoms with E-state index in [0.717, 1.165) is 13.0 Å². The highest BCUT2D eigenvalue weighted by Gasteiger charge is 2.04. The van der Waals surface area contributed by atoms with Crippen molar-refractivity contribution in [2.24, 2.45) is 5.73 Å². The Morgan fingerprint density at radius 1 is 1.31 bits per heavy atom. The molecule has 0 aromatic heterocycles. The molecule has 0 heterocycles. The molecule has 2 N–H and O–H groups in total. The van der Waals surface area contributed by atoms with Crippen molar-refractivity contribution in [1.82, 2.24) is 0 Å². The van der Waals surface area contributed by atoms with Crippen molar-refractivity contribution in [2.75, 3.05) is 40.1 Å². The summed E-state index contributed by atoms with van der Waals surface area (Å²) in [7, 11) is 1.68. The van der Waals surface area contributed by atoms with Crippen LogP contribution in [-0.2, 0) is 14.2 Å². The van der Waals surface area contributed by atoms with E-state index in [2.05, 4.69) is 0 Å². The highest BCUT2D eigenvalue weighted by molar-refractivity contribution is 4.56. The summed E-state index contributed by atoms with van der Waals surface area (Å²) in [5, 5.41) is 0. The number of ether oxygens (including phenoxy) is 3. The fourth-order valence-corrected chi connectivity index (χ4v) is 0.940. The molecule has 1 unspecified atom stereocenters. The maximum Gasteiger partial charge on any atom is 0.0930 e. The van der Waals surface area contributed by atoms with Crippen LogP contribution in [0.25, 0.3) is 0 Å². The normalized spacial score (nSPS) is 13.2. The molecule has 0 saturated heterocycles. The van der Waals surface area contributed by atoms with Crippen molar-refractivity contribution in [1.29, 1.82) is 0 Å². The first-order valence-corrected chi connectivity index (χ1v) is 4.73. The second-order valence-corrected chi connectivity index (χ2v) is 2.73. The lowest BCUT2D eigenvalue weighted by molar-refractivity contribution is -0.0102. The van der Waals surface area contributed by atoms with E-state index in [1.54, 1.807) is 7.11 Å². The third-order valence-electron chi connectivity index (χ3n) is 1.61. The number of methoxy groups -OCH3 is 1. The third-order valence-corrected chi connectivity index (χ3v) is 1.61. The average Bonchev–Trinajstić information content (AvgIpc) is 2.16. The molecule has 13 heavy (non-hydrogen) atoms. The molecule has 0 aliphatic carbocycles. The van der Waals surface area contributed by atoms with E-state index in [0.29, 0.717) is 26.4 Å². The zero-order valence-electron chi connectivity index (χ0n) is 8.62. The molecule has 0 bridgehead atoms. The van der Waals surface area contributed by atoms with Crippen LogP contribution < -0.4 is 5.73 Å². The molecule has 0 aromatic rings. The first kappa shape index (κ1) is 12.8. The molecule has 0 amide bonds. The van der Waals surface area contributed by atoms with Crippen LogP contribution in [0.5, 0.6) is 0 Å². The lowest BCUT2D eigenvalue weighted by Gasteiger charge is -2.14. The molecule has 0 spiro atoms. The van der Waals surface area contributed by atoms with Crippen molar-refractivity contribution in [3.63, 3.8) is 0 Å². The number of hydrogen-bond donors (Lipinski definition) is 1. The first-order valence-electron chi connectivity index (χ1n) is 4.73. The van der Waals surface area contributed by atoms with Crippen molar-refractivity contribution in [3.05, 3.63) is 0 Å². The summed E-state index contributed by atoms with van der Waals surface area (Å²) in [5.74, 6) is 0. The molecular formula is C9H21NO3. The Bertz CT molecular complexity index is 101. The minimum absolute atomic E-state index is 0.0348. The Labute approximate surface area is 80.3 Å². The zero-order chi connectivity index (χ0) is 9.94. The Morgan fingerprint density at radius 2 is 2.08 bits per heavy atom. The van der Waals surface area contributed by atoms with E-state index in [9.17, 15) is 0 Å². The standard InChI is InChI=1S/C9H21NO3/c1-3-13-9(7-10)8-12-6-4-5-11-2/h9H,3-8,10H2,1-2H3. The summed E-state index contributed by atoms with van der Waals surface area (Å²) in [6, 6.07) is 0. The van der Waals surface area contributed by atoms with Crippen LogP contribution in [0.15, 0.2) is 0 Å². The Hall–Kier alpha value is -0.160. The summed E-state index contributed by atoms with van der Waals surface area (Å²) in [6.45, 7) is 5.17. The monoisotopic (exact) mass is 191 g/mol. The minimum Gasteiger partial charge on any atom is -0.385 e. The van der Waals surface area contributed by atoms with Gasteiger partial charge in [0.25, 0.3) is 0 Å². The first-order chi connectivity index (χ1) is 6.35. The van der Waals surface area contributed by atoms with Gasteiger partial charge in [-0.05, 0) is 13.3 Å². The van der Waals surface area contributed by atoms with Gasteiger partial charge < -0.3 is 19.9 Å². The van der Waals surface area contributed by atoms with Gasteiger partial charge in [-0.2, -0.15) is 0 Å². The van der Waals surface area contributed by atoms with Crippen LogP contribution in [0.2, 0.25) is 0 Å². The highest BCUT2D eigenvalue weighted by atomic mass is 16.5. The predicted octanol–water partition coefficient (Wildman–Crippen LogP) is 0.403. The smallest absolute Gasteiger partial charge is 0.0930 e. The highest BCUT2D eigenvalue weighted by Crippen LogP contribution is 1.92. The molecular weight excluding hydrogens is 170 g/mol. The van der Waals surface area contributed by atoms with Gasteiger partial charge in [0.1, 0.15) is 0 Å². The van der Waals surface area contributed by atoms with E-state index >= 15 is 0 Å². The molecule has 0 saturated carbocycles. The lowest BCUT2D eigenvalue weighted by atomic mass is 10.4. The van der Waals surface area contributed by atoms with E-state index in [1.807, 2.05) is 6.92 Å². The van der Waals surface area contributed by atoms with Gasteiger partial charge in [0.05, 0.1) is 12.7 Å². The van der Waals surface area contributed by atoms with E-state index in [1.165, 1.54) is 0 Å². The van der Waals surface area contributed by atoms with Gasteiger partial charge in [-0.3, -0.25) is 0 Å². The topological polar surface area (TPSA) is 53.7 Å². The van der Waals surface area contributed by atoms with Gasteiger partial charge in [0.2, 0.25) is 0 Å². The zero-order valence-corrected chi connectivity index (χ0v) is 8.62. The second-order valence-electron chi connectivity index (χ2n) is 2.73. The number of nitrogens with two attached hydrogens (primary N) is 1. The summed E-state index contributed by atoms with van der Waals surface area (Å²) in [6.07, 6.45) is 0.951. The van der Waals surface area contributed by atoms with Gasteiger partial charge in [0, 0.05) is 33.5 Å². The predicted molar refractivity (Wildman–Crippen MR) is 51.8 cm³/mol. The van der Waals surface area contributed by atoms with Gasteiger partial charge in [-0.1, -0.05) is 0 Å². The molecule has 1 atom stereocenters. The van der Waals surface area contributed by atoms with Crippen molar-refractivity contribution >= 4 is 0 Å². The van der Waals surface area contributed by atoms with Crippen molar-refractivity contribution in [2.45, 2.75) is 19.4 Å². The van der Waals surface area contributed by atoms with Gasteiger partial charge >= 0.3 is 0 Å². The molecule has 0 radical (unpaired) electrons. The SMILES string of the molecule is CCOC(CN)COCCCOC. The van der Waals surface area contributed by atoms with Gasteiger partial charge in [-0.25, -0.2) is 0 Å². The number of rotatable bonds is 9. The maximum atomic E-state index is 5.47. The molecule has 0 rings (SSSR count). The van der Waals surface area contributed by atoms with E-state index < -0.39 is 0 Å². The summed E-state index contributed by atoms with van der Waals surface area (Å²) < 4.78 is 15.6. The maximum absolute atomic E-state index is 5.47. The van der Waals surface area contributed by atoms with Crippen molar-refractivity contribution < 1.29 is 14.2 Å². The fraction of sp³-hybridized carbons (Fsp3) is 1.00. The summed E-state index contributed by atoms with van der Waals surface area (Å²) in [4.78, 5) is 0. The molecule has 0 aliphatic rings. The molecule has 0 aliphatic heterocycles. The lowest BCUT2D eigenvalue weighted by Crippen LogP contribution is -2.29. The average molecular weight is 191 g/mol. The summed E-state index contributed by atoms with van der Waals surface area (Å²) in [5.41, 5.74) is 5.47. The minimum atomic E-state index is 0.0348. The molecule has 80 valence electrons. The summed E-state index contributed by atoms with van der Waals surface area (Å²) >= 11 is 0. The molecule has 0 aromatic carbocycles. The third kappa shape index (κ3) is 8.18. The Morgan fingerprint density at radius 3 is 2.62 bits per heavy atom. The Kier molecular flexibility index (Phi) is 9.80. The van der Waals surface area contributed by atoms with E-state index in [4.69, 9.17) is 19.9 Å². The number of hydrogen-bond acceptors (Lipinski definition) is 4. The second kappa shape index (κ2) is 9.92. The molecule has 4 heteroatoms. The van der Waals surface area contributed by atoms with Crippen LogP contribution in [-0.4, -0.2) is 46.2 Å². The van der Waals surface area contributed by atoms with Crippen LogP contribution in [0.4, 0.5) is 0 Å². The van der Waals surface area contributed by atoms with Crippen molar-refractivity contribution in [3.8, 4) is 0 Å². The van der Waals surface area contributed by atoms with Crippen LogP contribution in [0.1, 0.15) is 13.3 Å². The van der Waals surface area contributed by atoms with Gasteiger partial charge in [0.15, 0.2) is 0 Å². The Balaban J connectivity index is 3.17. The largest absolute Gasteiger partial charge is 0.385 e. The quantitative estimate of drug-likeness (QED) is 0.536. The van der Waals surface area contributed by atoms with Crippen LogP contribution in [0.3, 0.4) is 0 Å². The van der Waals surface area contributed by atoms with Crippen LogP contribution >= 0.6 is 0 Å².